The zero-order valence-corrected chi connectivity index (χ0v) is 17.5. The van der Waals surface area contributed by atoms with Crippen molar-refractivity contribution >= 4 is 48.5 Å². The van der Waals surface area contributed by atoms with Crippen LogP contribution in [-0.4, -0.2) is 36.3 Å². The van der Waals surface area contributed by atoms with Crippen molar-refractivity contribution in [2.45, 2.75) is 37.8 Å². The van der Waals surface area contributed by atoms with Gasteiger partial charge in [-0.2, -0.15) is 4.31 Å². The summed E-state index contributed by atoms with van der Waals surface area (Å²) in [4.78, 5) is 17.3. The van der Waals surface area contributed by atoms with Crippen molar-refractivity contribution in [3.63, 3.8) is 0 Å². The number of rotatable bonds is 4. The Bertz CT molecular complexity index is 910. The van der Waals surface area contributed by atoms with Crippen LogP contribution < -0.4 is 10.6 Å². The minimum absolute atomic E-state index is 0.0242. The lowest BCUT2D eigenvalue weighted by atomic mass is 10.2. The van der Waals surface area contributed by atoms with Gasteiger partial charge >= 0.3 is 6.03 Å². The molecule has 0 bridgehead atoms. The van der Waals surface area contributed by atoms with Crippen LogP contribution in [0.4, 0.5) is 9.93 Å². The summed E-state index contributed by atoms with van der Waals surface area (Å²) in [5.41, 5.74) is 0.845. The third-order valence-corrected chi connectivity index (χ3v) is 7.17. The molecule has 0 spiro atoms. The fraction of sp³-hybridized carbons (Fsp3) is 0.375. The van der Waals surface area contributed by atoms with Crippen LogP contribution >= 0.6 is 27.3 Å². The summed E-state index contributed by atoms with van der Waals surface area (Å²) in [5, 5.41) is 5.93. The molecule has 1 aliphatic rings. The number of urea groups is 1. The number of sulfonamides is 1. The molecule has 2 N–H and O–H groups in total. The van der Waals surface area contributed by atoms with Gasteiger partial charge in [0, 0.05) is 28.4 Å². The van der Waals surface area contributed by atoms with Crippen molar-refractivity contribution in [1.82, 2.24) is 14.6 Å². The highest BCUT2D eigenvalue weighted by Gasteiger charge is 2.30. The number of fused-ring (bicyclic) bond motifs is 1. The van der Waals surface area contributed by atoms with Crippen molar-refractivity contribution in [2.75, 3.05) is 11.9 Å². The van der Waals surface area contributed by atoms with Gasteiger partial charge in [0.2, 0.25) is 10.0 Å². The minimum Gasteiger partial charge on any atom is -0.336 e. The molecule has 2 heterocycles. The molecule has 1 aromatic carbocycles. The smallest absolute Gasteiger partial charge is 0.321 e. The number of aromatic nitrogens is 1. The molecule has 2 aromatic rings. The van der Waals surface area contributed by atoms with E-state index in [1.807, 2.05) is 13.8 Å². The first kappa shape index (κ1) is 19.3. The number of hydrogen-bond donors (Lipinski definition) is 2. The number of carbonyl (C=O) groups is 1. The highest BCUT2D eigenvalue weighted by atomic mass is 79.9. The molecule has 7 nitrogen and oxygen atoms in total. The van der Waals surface area contributed by atoms with Gasteiger partial charge in [0.05, 0.1) is 17.1 Å². The zero-order chi connectivity index (χ0) is 18.9. The Labute approximate surface area is 165 Å². The molecule has 0 radical (unpaired) electrons. The molecule has 2 amide bonds. The zero-order valence-electron chi connectivity index (χ0n) is 14.3. The molecule has 10 heteroatoms. The maximum Gasteiger partial charge on any atom is 0.321 e. The van der Waals surface area contributed by atoms with E-state index >= 15 is 0 Å². The largest absolute Gasteiger partial charge is 0.336 e. The predicted molar refractivity (Wildman–Crippen MR) is 105 cm³/mol. The quantitative estimate of drug-likeness (QED) is 0.735. The van der Waals surface area contributed by atoms with Crippen LogP contribution in [-0.2, 0) is 23.0 Å². The third-order valence-electron chi connectivity index (χ3n) is 3.79. The summed E-state index contributed by atoms with van der Waals surface area (Å²) in [6.07, 6.45) is 0.523. The molecule has 0 atom stereocenters. The highest BCUT2D eigenvalue weighted by molar-refractivity contribution is 9.10. The molecular formula is C16H19BrN4O3S2. The number of amides is 2. The summed E-state index contributed by atoms with van der Waals surface area (Å²) < 4.78 is 27.9. The number of nitrogens with zero attached hydrogens (tertiary/aromatic N) is 2. The molecule has 1 aromatic heterocycles. The topological polar surface area (TPSA) is 91.4 Å². The lowest BCUT2D eigenvalue weighted by molar-refractivity contribution is 0.250. The molecule has 0 saturated carbocycles. The van der Waals surface area contributed by atoms with Crippen molar-refractivity contribution in [2.24, 2.45) is 0 Å². The number of halogens is 1. The van der Waals surface area contributed by atoms with Crippen LogP contribution in [0.25, 0.3) is 0 Å². The standard InChI is InChI=1S/C16H19BrN4O3S2/c1-10(2)18-15(22)20-16-19-13-7-8-21(9-14(13)25-16)26(23,24)12-5-3-11(17)4-6-12/h3-6,10H,7-9H2,1-2H3,(H2,18,19,20,22). The Hall–Kier alpha value is -1.49. The first-order chi connectivity index (χ1) is 12.3. The summed E-state index contributed by atoms with van der Waals surface area (Å²) in [5.74, 6) is 0. The van der Waals surface area contributed by atoms with Crippen LogP contribution in [0.15, 0.2) is 33.6 Å². The fourth-order valence-electron chi connectivity index (χ4n) is 2.58. The van der Waals surface area contributed by atoms with Crippen LogP contribution in [0.3, 0.4) is 0 Å². The van der Waals surface area contributed by atoms with Crippen molar-refractivity contribution in [3.05, 3.63) is 39.3 Å². The average molecular weight is 459 g/mol. The predicted octanol–water partition coefficient (Wildman–Crippen LogP) is 3.18. The van der Waals surface area contributed by atoms with Crippen LogP contribution in [0.1, 0.15) is 24.4 Å². The van der Waals surface area contributed by atoms with Crippen LogP contribution in [0, 0.1) is 0 Å². The molecule has 26 heavy (non-hydrogen) atoms. The maximum absolute atomic E-state index is 12.8. The number of hydrogen-bond acceptors (Lipinski definition) is 5. The van der Waals surface area contributed by atoms with Gasteiger partial charge in [-0.3, -0.25) is 5.32 Å². The summed E-state index contributed by atoms with van der Waals surface area (Å²) in [6, 6.07) is 6.31. The SMILES string of the molecule is CC(C)NC(=O)Nc1nc2c(s1)CN(S(=O)(=O)c1ccc(Br)cc1)CC2. The van der Waals surface area contributed by atoms with E-state index in [1.54, 1.807) is 24.3 Å². The number of benzene rings is 1. The Balaban J connectivity index is 1.75. The van der Waals surface area contributed by atoms with Gasteiger partial charge in [-0.1, -0.05) is 27.3 Å². The summed E-state index contributed by atoms with van der Waals surface area (Å²) in [6.45, 7) is 4.38. The van der Waals surface area contributed by atoms with Gasteiger partial charge in [0.1, 0.15) is 0 Å². The number of carbonyl (C=O) groups excluding carboxylic acids is 1. The molecular weight excluding hydrogens is 440 g/mol. The van der Waals surface area contributed by atoms with Gasteiger partial charge in [-0.25, -0.2) is 18.2 Å². The second-order valence-corrected chi connectivity index (χ2v) is 10.1. The monoisotopic (exact) mass is 458 g/mol. The summed E-state index contributed by atoms with van der Waals surface area (Å²) >= 11 is 4.62. The lowest BCUT2D eigenvalue weighted by Gasteiger charge is -2.25. The third kappa shape index (κ3) is 4.25. The molecule has 0 fully saturated rings. The second-order valence-electron chi connectivity index (χ2n) is 6.18. The maximum atomic E-state index is 12.8. The molecule has 0 unspecified atom stereocenters. The number of thiazole rings is 1. The number of nitrogens with one attached hydrogen (secondary N) is 2. The van der Waals surface area contributed by atoms with Crippen molar-refractivity contribution in [1.29, 1.82) is 0 Å². The molecule has 0 aliphatic carbocycles. The van der Waals surface area contributed by atoms with E-state index in [2.05, 4.69) is 31.5 Å². The van der Waals surface area contributed by atoms with Crippen molar-refractivity contribution in [3.8, 4) is 0 Å². The van der Waals surface area contributed by atoms with Crippen LogP contribution in [0.2, 0.25) is 0 Å². The summed E-state index contributed by atoms with van der Waals surface area (Å²) in [7, 11) is -3.56. The molecule has 3 rings (SSSR count). The van der Waals surface area contributed by atoms with E-state index < -0.39 is 10.0 Å². The Morgan fingerprint density at radius 1 is 1.31 bits per heavy atom. The van der Waals surface area contributed by atoms with E-state index in [1.165, 1.54) is 15.6 Å². The average Bonchev–Trinajstić information content (AvgIpc) is 2.95. The highest BCUT2D eigenvalue weighted by Crippen LogP contribution is 2.31. The van der Waals surface area contributed by atoms with Gasteiger partial charge in [-0.05, 0) is 38.1 Å². The second kappa shape index (κ2) is 7.63. The molecule has 1 aliphatic heterocycles. The van der Waals surface area contributed by atoms with E-state index in [-0.39, 0.29) is 23.5 Å². The fourth-order valence-corrected chi connectivity index (χ4v) is 5.36. The van der Waals surface area contributed by atoms with E-state index in [0.717, 1.165) is 15.0 Å². The normalized spacial score (nSPS) is 14.9. The van der Waals surface area contributed by atoms with Gasteiger partial charge < -0.3 is 5.32 Å². The van der Waals surface area contributed by atoms with Gasteiger partial charge in [-0.15, -0.1) is 0 Å². The Kier molecular flexibility index (Phi) is 5.66. The minimum atomic E-state index is -3.56. The van der Waals surface area contributed by atoms with Gasteiger partial charge in [0.25, 0.3) is 0 Å². The van der Waals surface area contributed by atoms with Crippen LogP contribution in [0.5, 0.6) is 0 Å². The first-order valence-electron chi connectivity index (χ1n) is 8.07. The molecule has 140 valence electrons. The van der Waals surface area contributed by atoms with E-state index in [0.29, 0.717) is 18.1 Å². The lowest BCUT2D eigenvalue weighted by Crippen LogP contribution is -2.35. The Morgan fingerprint density at radius 3 is 2.65 bits per heavy atom. The number of anilines is 1. The first-order valence-corrected chi connectivity index (χ1v) is 11.1. The van der Waals surface area contributed by atoms with Crippen molar-refractivity contribution < 1.29 is 13.2 Å². The van der Waals surface area contributed by atoms with E-state index in [9.17, 15) is 13.2 Å². The van der Waals surface area contributed by atoms with E-state index in [4.69, 9.17) is 0 Å². The Morgan fingerprint density at radius 2 is 2.00 bits per heavy atom. The molecule has 0 saturated heterocycles. The van der Waals surface area contributed by atoms with Gasteiger partial charge in [0.15, 0.2) is 5.13 Å².